The molecule has 0 aliphatic carbocycles. The molecule has 0 aromatic heterocycles. The highest BCUT2D eigenvalue weighted by Gasteiger charge is 2.31. The lowest BCUT2D eigenvalue weighted by molar-refractivity contribution is -0.142. The van der Waals surface area contributed by atoms with E-state index in [0.717, 1.165) is 26.7 Å². The van der Waals surface area contributed by atoms with Gasteiger partial charge in [-0.1, -0.05) is 89.4 Å². The molecule has 0 heterocycles. The van der Waals surface area contributed by atoms with E-state index in [2.05, 4.69) is 21.2 Å². The number of benzene rings is 3. The van der Waals surface area contributed by atoms with Crippen LogP contribution in [-0.2, 0) is 22.6 Å². The number of nitrogens with one attached hydrogen (secondary N) is 1. The second kappa shape index (κ2) is 14.0. The SMILES string of the molecule is Cc1cc(OCC(=O)N(Cc2ccc(Cl)c(Cl)c2)[C@H](Cc2ccccc2)C(=O)NCC(C)C)cc(C)c1Br. The number of carbonyl (C=O) groups excluding carboxylic acids is 2. The molecule has 3 aromatic carbocycles. The lowest BCUT2D eigenvalue weighted by atomic mass is 10.0. The molecule has 0 aliphatic rings. The first-order valence-electron chi connectivity index (χ1n) is 12.5. The smallest absolute Gasteiger partial charge is 0.261 e. The van der Waals surface area contributed by atoms with E-state index < -0.39 is 6.04 Å². The van der Waals surface area contributed by atoms with Gasteiger partial charge in [0.05, 0.1) is 10.0 Å². The van der Waals surface area contributed by atoms with Gasteiger partial charge >= 0.3 is 0 Å². The molecule has 8 heteroatoms. The minimum atomic E-state index is -0.755. The predicted octanol–water partition coefficient (Wildman–Crippen LogP) is 7.16. The first kappa shape index (κ1) is 30.0. The number of amides is 2. The highest BCUT2D eigenvalue weighted by atomic mass is 79.9. The summed E-state index contributed by atoms with van der Waals surface area (Å²) in [6.07, 6.45) is 0.355. The molecule has 0 saturated carbocycles. The number of hydrogen-bond acceptors (Lipinski definition) is 3. The Balaban J connectivity index is 1.94. The number of ether oxygens (including phenoxy) is 1. The zero-order valence-electron chi connectivity index (χ0n) is 22.1. The highest BCUT2D eigenvalue weighted by molar-refractivity contribution is 9.10. The highest BCUT2D eigenvalue weighted by Crippen LogP contribution is 2.27. The lowest BCUT2D eigenvalue weighted by Gasteiger charge is -2.32. The topological polar surface area (TPSA) is 58.6 Å². The van der Waals surface area contributed by atoms with E-state index >= 15 is 0 Å². The molecule has 0 spiro atoms. The van der Waals surface area contributed by atoms with Crippen molar-refractivity contribution < 1.29 is 14.3 Å². The largest absolute Gasteiger partial charge is 0.484 e. The van der Waals surface area contributed by atoms with Crippen LogP contribution in [-0.4, -0.2) is 35.9 Å². The Labute approximate surface area is 243 Å². The van der Waals surface area contributed by atoms with Crippen molar-refractivity contribution in [3.05, 3.63) is 97.4 Å². The quantitative estimate of drug-likeness (QED) is 0.248. The Morgan fingerprint density at radius 2 is 1.61 bits per heavy atom. The average molecular weight is 620 g/mol. The van der Waals surface area contributed by atoms with Gasteiger partial charge in [0.15, 0.2) is 6.61 Å². The van der Waals surface area contributed by atoms with E-state index in [1.807, 2.05) is 76.2 Å². The van der Waals surface area contributed by atoms with E-state index in [1.54, 1.807) is 17.0 Å². The van der Waals surface area contributed by atoms with Gasteiger partial charge in [0.1, 0.15) is 11.8 Å². The van der Waals surface area contributed by atoms with Gasteiger partial charge in [-0.15, -0.1) is 0 Å². The van der Waals surface area contributed by atoms with Crippen LogP contribution in [0.4, 0.5) is 0 Å². The second-order valence-corrected chi connectivity index (χ2v) is 11.4. The van der Waals surface area contributed by atoms with Gasteiger partial charge in [0.25, 0.3) is 5.91 Å². The van der Waals surface area contributed by atoms with Gasteiger partial charge in [-0.2, -0.15) is 0 Å². The third-order valence-corrected chi connectivity index (χ3v) is 8.05. The summed E-state index contributed by atoms with van der Waals surface area (Å²) in [6.45, 7) is 8.46. The summed E-state index contributed by atoms with van der Waals surface area (Å²) in [5.74, 6) is 0.332. The van der Waals surface area contributed by atoms with Crippen molar-refractivity contribution in [2.24, 2.45) is 5.92 Å². The zero-order valence-corrected chi connectivity index (χ0v) is 25.2. The molecule has 0 radical (unpaired) electrons. The summed E-state index contributed by atoms with van der Waals surface area (Å²) in [4.78, 5) is 28.8. The number of hydrogen-bond donors (Lipinski definition) is 1. The molecule has 0 fully saturated rings. The van der Waals surface area contributed by atoms with Crippen molar-refractivity contribution in [3.8, 4) is 5.75 Å². The van der Waals surface area contributed by atoms with E-state index in [1.165, 1.54) is 0 Å². The van der Waals surface area contributed by atoms with Crippen molar-refractivity contribution in [2.45, 2.75) is 46.7 Å². The number of nitrogens with zero attached hydrogens (tertiary/aromatic N) is 1. The minimum absolute atomic E-state index is 0.171. The van der Waals surface area contributed by atoms with Gasteiger partial charge < -0.3 is 15.0 Å². The van der Waals surface area contributed by atoms with Gasteiger partial charge in [0.2, 0.25) is 5.91 Å². The van der Waals surface area contributed by atoms with E-state index in [4.69, 9.17) is 27.9 Å². The van der Waals surface area contributed by atoms with Gasteiger partial charge in [-0.05, 0) is 66.3 Å². The van der Waals surface area contributed by atoms with Gasteiger partial charge in [-0.25, -0.2) is 0 Å². The first-order valence-corrected chi connectivity index (χ1v) is 14.0. The monoisotopic (exact) mass is 618 g/mol. The van der Waals surface area contributed by atoms with Crippen LogP contribution < -0.4 is 10.1 Å². The van der Waals surface area contributed by atoms with Crippen molar-refractivity contribution in [1.29, 1.82) is 0 Å². The van der Waals surface area contributed by atoms with Crippen LogP contribution in [0.5, 0.6) is 5.75 Å². The van der Waals surface area contributed by atoms with Gasteiger partial charge in [0, 0.05) is 24.0 Å². The molecular weight excluding hydrogens is 587 g/mol. The Hall–Kier alpha value is -2.54. The average Bonchev–Trinajstić information content (AvgIpc) is 2.89. The molecule has 0 unspecified atom stereocenters. The fourth-order valence-electron chi connectivity index (χ4n) is 4.03. The van der Waals surface area contributed by atoms with Crippen LogP contribution in [0.25, 0.3) is 0 Å². The van der Waals surface area contributed by atoms with Crippen LogP contribution in [0, 0.1) is 19.8 Å². The molecule has 0 bridgehead atoms. The minimum Gasteiger partial charge on any atom is -0.484 e. The van der Waals surface area contributed by atoms with Crippen molar-refractivity contribution >= 4 is 50.9 Å². The van der Waals surface area contributed by atoms with Crippen LogP contribution in [0.1, 0.15) is 36.1 Å². The Morgan fingerprint density at radius 3 is 2.21 bits per heavy atom. The fourth-order valence-corrected chi connectivity index (χ4v) is 4.58. The number of rotatable bonds is 11. The Bertz CT molecular complexity index is 1240. The molecule has 1 N–H and O–H groups in total. The molecule has 0 saturated heterocycles. The third-order valence-electron chi connectivity index (χ3n) is 6.06. The number of halogens is 3. The Kier molecular flexibility index (Phi) is 11.1. The van der Waals surface area contributed by atoms with Crippen molar-refractivity contribution in [2.75, 3.05) is 13.2 Å². The predicted molar refractivity (Wildman–Crippen MR) is 158 cm³/mol. The molecule has 3 aromatic rings. The molecular formula is C30H33BrCl2N2O3. The van der Waals surface area contributed by atoms with E-state index in [9.17, 15) is 9.59 Å². The molecule has 2 amide bonds. The van der Waals surface area contributed by atoms with Crippen LogP contribution in [0.2, 0.25) is 10.0 Å². The summed E-state index contributed by atoms with van der Waals surface area (Å²) < 4.78 is 6.94. The molecule has 5 nitrogen and oxygen atoms in total. The van der Waals surface area contributed by atoms with Crippen LogP contribution in [0.15, 0.2) is 65.1 Å². The molecule has 1 atom stereocenters. The number of aryl methyl sites for hydroxylation is 2. The third kappa shape index (κ3) is 8.48. The molecule has 3 rings (SSSR count). The second-order valence-electron chi connectivity index (χ2n) is 9.77. The standard InChI is InChI=1S/C30H33BrCl2N2O3/c1-19(2)16-34-30(37)27(15-22-8-6-5-7-9-22)35(17-23-10-11-25(32)26(33)14-23)28(36)18-38-24-12-20(3)29(31)21(4)13-24/h5-14,19,27H,15-18H2,1-4H3,(H,34,37)/t27-/m1/s1. The van der Waals surface area contributed by atoms with E-state index in [0.29, 0.717) is 28.8 Å². The molecule has 38 heavy (non-hydrogen) atoms. The summed E-state index contributed by atoms with van der Waals surface area (Å²) in [6, 6.07) is 17.9. The van der Waals surface area contributed by atoms with Crippen LogP contribution in [0.3, 0.4) is 0 Å². The fraction of sp³-hybridized carbons (Fsp3) is 0.333. The maximum atomic E-state index is 13.7. The van der Waals surface area contributed by atoms with Crippen molar-refractivity contribution in [3.63, 3.8) is 0 Å². The molecule has 202 valence electrons. The maximum absolute atomic E-state index is 13.7. The summed E-state index contributed by atoms with van der Waals surface area (Å²) in [5, 5.41) is 3.82. The van der Waals surface area contributed by atoms with E-state index in [-0.39, 0.29) is 30.9 Å². The normalized spacial score (nSPS) is 11.8. The van der Waals surface area contributed by atoms with Crippen molar-refractivity contribution in [1.82, 2.24) is 10.2 Å². The number of carbonyl (C=O) groups is 2. The Morgan fingerprint density at radius 1 is 0.947 bits per heavy atom. The van der Waals surface area contributed by atoms with Crippen LogP contribution >= 0.6 is 39.1 Å². The summed E-state index contributed by atoms with van der Waals surface area (Å²) in [5.41, 5.74) is 3.73. The summed E-state index contributed by atoms with van der Waals surface area (Å²) in [7, 11) is 0. The lowest BCUT2D eigenvalue weighted by Crippen LogP contribution is -2.52. The van der Waals surface area contributed by atoms with Gasteiger partial charge in [-0.3, -0.25) is 9.59 Å². The zero-order chi connectivity index (χ0) is 27.8. The summed E-state index contributed by atoms with van der Waals surface area (Å²) >= 11 is 16.0. The maximum Gasteiger partial charge on any atom is 0.261 e. The molecule has 0 aliphatic heterocycles. The first-order chi connectivity index (χ1) is 18.0.